The Bertz CT molecular complexity index is 521. The van der Waals surface area contributed by atoms with Crippen LogP contribution in [-0.4, -0.2) is 36.5 Å². The summed E-state index contributed by atoms with van der Waals surface area (Å²) in [5, 5.41) is 13.3. The van der Waals surface area contributed by atoms with Gasteiger partial charge in [0.25, 0.3) is 0 Å². The van der Waals surface area contributed by atoms with Crippen molar-refractivity contribution < 1.29 is 9.84 Å². The van der Waals surface area contributed by atoms with E-state index in [0.717, 1.165) is 12.8 Å². The first-order valence-corrected chi connectivity index (χ1v) is 8.74. The number of halogens is 1. The lowest BCUT2D eigenvalue weighted by atomic mass is 10.0. The van der Waals surface area contributed by atoms with Gasteiger partial charge in [-0.15, -0.1) is 12.4 Å². The zero-order valence-electron chi connectivity index (χ0n) is 15.1. The Morgan fingerprint density at radius 2 is 1.36 bits per heavy atom. The lowest BCUT2D eigenvalue weighted by Gasteiger charge is -2.21. The number of aliphatic hydroxyl groups is 1. The lowest BCUT2D eigenvalue weighted by Crippen LogP contribution is -2.36. The molecule has 0 amide bonds. The van der Waals surface area contributed by atoms with Crippen LogP contribution in [0, 0.1) is 0 Å². The van der Waals surface area contributed by atoms with Crippen molar-refractivity contribution in [1.82, 2.24) is 5.32 Å². The third-order valence-corrected chi connectivity index (χ3v) is 3.90. The molecular weight excluding hydrogens is 334 g/mol. The molecule has 138 valence electrons. The summed E-state index contributed by atoms with van der Waals surface area (Å²) in [6.45, 7) is 5.05. The van der Waals surface area contributed by atoms with E-state index in [0.29, 0.717) is 19.2 Å². The maximum absolute atomic E-state index is 10.1. The Hall–Kier alpha value is -1.39. The van der Waals surface area contributed by atoms with Gasteiger partial charge in [0, 0.05) is 12.6 Å². The number of nitrogens with one attached hydrogen (secondary N) is 1. The molecule has 3 nitrogen and oxygen atoms in total. The molecule has 0 heterocycles. The SMILES string of the molecule is CC(C)NCC(O)COC(Cc1ccccc1)Cc1ccccc1.Cl. The summed E-state index contributed by atoms with van der Waals surface area (Å²) >= 11 is 0. The van der Waals surface area contributed by atoms with Crippen LogP contribution in [0.3, 0.4) is 0 Å². The fraction of sp³-hybridized carbons (Fsp3) is 0.429. The average Bonchev–Trinajstić information content (AvgIpc) is 2.59. The second-order valence-electron chi connectivity index (χ2n) is 6.55. The van der Waals surface area contributed by atoms with Gasteiger partial charge in [0.2, 0.25) is 0 Å². The highest BCUT2D eigenvalue weighted by atomic mass is 35.5. The molecule has 2 N–H and O–H groups in total. The van der Waals surface area contributed by atoms with Gasteiger partial charge in [-0.1, -0.05) is 74.5 Å². The van der Waals surface area contributed by atoms with E-state index in [2.05, 4.69) is 67.7 Å². The van der Waals surface area contributed by atoms with Gasteiger partial charge in [-0.25, -0.2) is 0 Å². The number of rotatable bonds is 10. The minimum atomic E-state index is -0.485. The molecule has 0 aliphatic heterocycles. The summed E-state index contributed by atoms with van der Waals surface area (Å²) < 4.78 is 6.05. The molecule has 1 unspecified atom stereocenters. The van der Waals surface area contributed by atoms with Crippen molar-refractivity contribution in [2.45, 2.75) is 44.9 Å². The van der Waals surface area contributed by atoms with Crippen LogP contribution in [0.2, 0.25) is 0 Å². The summed E-state index contributed by atoms with van der Waals surface area (Å²) in [5.74, 6) is 0. The Labute approximate surface area is 157 Å². The summed E-state index contributed by atoms with van der Waals surface area (Å²) in [5.41, 5.74) is 2.52. The van der Waals surface area contributed by atoms with Crippen molar-refractivity contribution in [3.05, 3.63) is 71.8 Å². The van der Waals surface area contributed by atoms with Crippen LogP contribution in [0.5, 0.6) is 0 Å². The third-order valence-electron chi connectivity index (χ3n) is 3.90. The fourth-order valence-corrected chi connectivity index (χ4v) is 2.62. The van der Waals surface area contributed by atoms with Gasteiger partial charge >= 0.3 is 0 Å². The van der Waals surface area contributed by atoms with Crippen molar-refractivity contribution >= 4 is 12.4 Å². The van der Waals surface area contributed by atoms with E-state index < -0.39 is 6.10 Å². The number of aliphatic hydroxyl groups excluding tert-OH is 1. The smallest absolute Gasteiger partial charge is 0.0897 e. The van der Waals surface area contributed by atoms with Crippen molar-refractivity contribution in [3.8, 4) is 0 Å². The Morgan fingerprint density at radius 1 is 0.880 bits per heavy atom. The first-order valence-electron chi connectivity index (χ1n) is 8.74. The molecule has 0 spiro atoms. The fourth-order valence-electron chi connectivity index (χ4n) is 2.62. The standard InChI is InChI=1S/C21H29NO2.ClH/c1-17(2)22-15-20(23)16-24-21(13-18-9-5-3-6-10-18)14-19-11-7-4-8-12-19;/h3-12,17,20-23H,13-16H2,1-2H3;1H. The van der Waals surface area contributed by atoms with Gasteiger partial charge in [-0.05, 0) is 24.0 Å². The van der Waals surface area contributed by atoms with Crippen molar-refractivity contribution in [2.75, 3.05) is 13.2 Å². The second kappa shape index (κ2) is 12.0. The molecule has 4 heteroatoms. The minimum Gasteiger partial charge on any atom is -0.389 e. The summed E-state index contributed by atoms with van der Waals surface area (Å²) in [6, 6.07) is 21.1. The van der Waals surface area contributed by atoms with Gasteiger partial charge in [0.05, 0.1) is 18.8 Å². The average molecular weight is 364 g/mol. The molecule has 0 saturated heterocycles. The van der Waals surface area contributed by atoms with Gasteiger partial charge in [0.15, 0.2) is 0 Å². The number of hydrogen-bond donors (Lipinski definition) is 2. The van der Waals surface area contributed by atoms with E-state index in [1.165, 1.54) is 11.1 Å². The molecule has 0 aliphatic carbocycles. The monoisotopic (exact) mass is 363 g/mol. The highest BCUT2D eigenvalue weighted by Gasteiger charge is 2.14. The Balaban J connectivity index is 0.00000312. The molecule has 2 aromatic carbocycles. The van der Waals surface area contributed by atoms with Gasteiger partial charge < -0.3 is 15.2 Å². The van der Waals surface area contributed by atoms with Crippen LogP contribution in [0.25, 0.3) is 0 Å². The van der Waals surface area contributed by atoms with Crippen LogP contribution >= 0.6 is 12.4 Å². The van der Waals surface area contributed by atoms with Crippen molar-refractivity contribution in [3.63, 3.8) is 0 Å². The summed E-state index contributed by atoms with van der Waals surface area (Å²) in [7, 11) is 0. The highest BCUT2D eigenvalue weighted by Crippen LogP contribution is 2.12. The van der Waals surface area contributed by atoms with Gasteiger partial charge in [0.1, 0.15) is 0 Å². The van der Waals surface area contributed by atoms with Crippen LogP contribution < -0.4 is 5.32 Å². The molecular formula is C21H30ClNO2. The zero-order valence-corrected chi connectivity index (χ0v) is 15.9. The lowest BCUT2D eigenvalue weighted by molar-refractivity contribution is -0.00861. The topological polar surface area (TPSA) is 41.5 Å². The van der Waals surface area contributed by atoms with Crippen molar-refractivity contribution in [1.29, 1.82) is 0 Å². The predicted molar refractivity (Wildman–Crippen MR) is 106 cm³/mol. The van der Waals surface area contributed by atoms with Crippen molar-refractivity contribution in [2.24, 2.45) is 0 Å². The maximum atomic E-state index is 10.1. The maximum Gasteiger partial charge on any atom is 0.0897 e. The van der Waals surface area contributed by atoms with Crippen LogP contribution in [-0.2, 0) is 17.6 Å². The van der Waals surface area contributed by atoms with Crippen LogP contribution in [0.4, 0.5) is 0 Å². The Kier molecular flexibility index (Phi) is 10.4. The largest absolute Gasteiger partial charge is 0.389 e. The molecule has 0 fully saturated rings. The first kappa shape index (κ1) is 21.7. The van der Waals surface area contributed by atoms with Gasteiger partial charge in [-0.2, -0.15) is 0 Å². The Morgan fingerprint density at radius 3 is 1.80 bits per heavy atom. The van der Waals surface area contributed by atoms with E-state index in [9.17, 15) is 5.11 Å². The zero-order chi connectivity index (χ0) is 17.2. The molecule has 0 bridgehead atoms. The molecule has 0 radical (unpaired) electrons. The highest BCUT2D eigenvalue weighted by molar-refractivity contribution is 5.85. The second-order valence-corrected chi connectivity index (χ2v) is 6.55. The molecule has 0 aliphatic rings. The van der Waals surface area contributed by atoms with E-state index >= 15 is 0 Å². The molecule has 25 heavy (non-hydrogen) atoms. The molecule has 0 saturated carbocycles. The van der Waals surface area contributed by atoms with Gasteiger partial charge in [-0.3, -0.25) is 0 Å². The normalized spacial score (nSPS) is 12.2. The molecule has 2 aromatic rings. The van der Waals surface area contributed by atoms with E-state index in [-0.39, 0.29) is 18.5 Å². The van der Waals surface area contributed by atoms with Crippen LogP contribution in [0.1, 0.15) is 25.0 Å². The first-order chi connectivity index (χ1) is 11.6. The summed E-state index contributed by atoms with van der Waals surface area (Å²) in [4.78, 5) is 0. The molecule has 0 aromatic heterocycles. The predicted octanol–water partition coefficient (Wildman–Crippen LogP) is 3.64. The van der Waals surface area contributed by atoms with E-state index in [1.807, 2.05) is 12.1 Å². The quantitative estimate of drug-likeness (QED) is 0.677. The third kappa shape index (κ3) is 9.03. The van der Waals surface area contributed by atoms with E-state index in [4.69, 9.17) is 4.74 Å². The van der Waals surface area contributed by atoms with E-state index in [1.54, 1.807) is 0 Å². The minimum absolute atomic E-state index is 0. The van der Waals surface area contributed by atoms with Crippen LogP contribution in [0.15, 0.2) is 60.7 Å². The molecule has 1 atom stereocenters. The number of ether oxygens (including phenoxy) is 1. The number of benzene rings is 2. The summed E-state index contributed by atoms with van der Waals surface area (Å²) in [6.07, 6.45) is 1.27. The number of hydrogen-bond acceptors (Lipinski definition) is 3. The molecule has 2 rings (SSSR count).